The zero-order valence-electron chi connectivity index (χ0n) is 22.8. The summed E-state index contributed by atoms with van der Waals surface area (Å²) < 4.78 is 31.8. The number of hydrogen-bond acceptors (Lipinski definition) is 7. The van der Waals surface area contributed by atoms with Crippen molar-refractivity contribution in [2.45, 2.75) is 13.5 Å². The second-order valence-corrected chi connectivity index (χ2v) is 10.1. The molecular weight excluding hydrogens is 575 g/mol. The Morgan fingerprint density at radius 2 is 1.86 bits per heavy atom. The minimum atomic E-state index is -0.591. The second-order valence-electron chi connectivity index (χ2n) is 9.67. The molecule has 0 unspecified atom stereocenters. The highest BCUT2D eigenvalue weighted by molar-refractivity contribution is 6.31. The quantitative estimate of drug-likeness (QED) is 0.209. The summed E-state index contributed by atoms with van der Waals surface area (Å²) in [5.74, 6) is 1.02. The molecule has 216 valence electrons. The second kappa shape index (κ2) is 11.9. The number of rotatable bonds is 8. The Morgan fingerprint density at radius 1 is 1.02 bits per heavy atom. The number of nitrogens with one attached hydrogen (secondary N) is 2. The zero-order valence-corrected chi connectivity index (χ0v) is 23.5. The fraction of sp³-hybridized carbons (Fsp3) is 0.0938. The van der Waals surface area contributed by atoms with Gasteiger partial charge in [-0.2, -0.15) is 9.78 Å². The first-order chi connectivity index (χ1) is 20.8. The van der Waals surface area contributed by atoms with E-state index < -0.39 is 11.4 Å². The van der Waals surface area contributed by atoms with Crippen LogP contribution in [0.15, 0.2) is 95.9 Å². The molecule has 1 amide bonds. The standard InChI is InChI=1S/C32H24ClFN4O5/c1-19-12-25(9-10-26(19)33)43-29-17-36-38(24-7-3-5-22(34)15-24)32(40)30(29)37-23-6-2-4-21(14-23)31(39)35-16-20-8-11-27-28(13-20)42-18-41-27/h2-15,17,37H,16,18H2,1H3,(H,35,39). The van der Waals surface area contributed by atoms with E-state index in [4.69, 9.17) is 25.8 Å². The summed E-state index contributed by atoms with van der Waals surface area (Å²) in [6.07, 6.45) is 1.36. The van der Waals surface area contributed by atoms with Crippen LogP contribution in [0.2, 0.25) is 5.02 Å². The summed E-state index contributed by atoms with van der Waals surface area (Å²) in [6, 6.07) is 22.7. The molecule has 1 aliphatic rings. The van der Waals surface area contributed by atoms with Gasteiger partial charge in [-0.3, -0.25) is 9.59 Å². The largest absolute Gasteiger partial charge is 0.454 e. The van der Waals surface area contributed by atoms with Crippen LogP contribution >= 0.6 is 11.6 Å². The van der Waals surface area contributed by atoms with Gasteiger partial charge in [0.2, 0.25) is 6.79 Å². The summed E-state index contributed by atoms with van der Waals surface area (Å²) in [6.45, 7) is 2.27. The molecule has 0 saturated carbocycles. The Morgan fingerprint density at radius 3 is 2.70 bits per heavy atom. The number of carbonyl (C=O) groups excluding carboxylic acids is 1. The van der Waals surface area contributed by atoms with Crippen LogP contribution in [0.25, 0.3) is 5.69 Å². The smallest absolute Gasteiger partial charge is 0.299 e. The van der Waals surface area contributed by atoms with Crippen LogP contribution in [-0.4, -0.2) is 22.5 Å². The number of anilines is 2. The molecule has 2 N–H and O–H groups in total. The molecule has 4 aromatic carbocycles. The van der Waals surface area contributed by atoms with E-state index in [1.807, 2.05) is 19.1 Å². The van der Waals surface area contributed by atoms with E-state index in [1.54, 1.807) is 54.6 Å². The highest BCUT2D eigenvalue weighted by Gasteiger charge is 2.18. The molecule has 5 aromatic rings. The average molecular weight is 599 g/mol. The number of amides is 1. The van der Waals surface area contributed by atoms with Crippen molar-refractivity contribution < 1.29 is 23.4 Å². The third-order valence-corrected chi connectivity index (χ3v) is 7.06. The predicted molar refractivity (Wildman–Crippen MR) is 160 cm³/mol. The first kappa shape index (κ1) is 27.8. The van der Waals surface area contributed by atoms with Crippen LogP contribution in [-0.2, 0) is 6.54 Å². The number of halogens is 2. The lowest BCUT2D eigenvalue weighted by Gasteiger charge is -2.15. The Labute approximate surface area is 250 Å². The van der Waals surface area contributed by atoms with E-state index in [1.165, 1.54) is 24.4 Å². The number of fused-ring (bicyclic) bond motifs is 1. The lowest BCUT2D eigenvalue weighted by molar-refractivity contribution is 0.0951. The molecule has 0 aliphatic carbocycles. The van der Waals surface area contributed by atoms with Crippen molar-refractivity contribution in [2.24, 2.45) is 0 Å². The molecule has 0 spiro atoms. The molecule has 1 aliphatic heterocycles. The van der Waals surface area contributed by atoms with Gasteiger partial charge in [0.05, 0.1) is 11.9 Å². The van der Waals surface area contributed by atoms with Gasteiger partial charge >= 0.3 is 0 Å². The molecule has 43 heavy (non-hydrogen) atoms. The fourth-order valence-electron chi connectivity index (χ4n) is 4.45. The molecule has 6 rings (SSSR count). The van der Waals surface area contributed by atoms with Crippen LogP contribution < -0.4 is 30.4 Å². The van der Waals surface area contributed by atoms with Crippen molar-refractivity contribution >= 4 is 28.9 Å². The Kier molecular flexibility index (Phi) is 7.67. The topological polar surface area (TPSA) is 104 Å². The number of aryl methyl sites for hydroxylation is 1. The first-order valence-corrected chi connectivity index (χ1v) is 13.6. The van der Waals surface area contributed by atoms with Crippen molar-refractivity contribution in [3.63, 3.8) is 0 Å². The van der Waals surface area contributed by atoms with Gasteiger partial charge in [0.15, 0.2) is 22.9 Å². The molecular formula is C32H24ClFN4O5. The summed E-state index contributed by atoms with van der Waals surface area (Å²) in [5, 5.41) is 10.8. The molecule has 9 nitrogen and oxygen atoms in total. The van der Waals surface area contributed by atoms with Crippen LogP contribution in [0.3, 0.4) is 0 Å². The van der Waals surface area contributed by atoms with Crippen LogP contribution in [0.4, 0.5) is 15.8 Å². The number of benzene rings is 4. The summed E-state index contributed by atoms with van der Waals surface area (Å²) in [7, 11) is 0. The number of carbonyl (C=O) groups is 1. The van der Waals surface area contributed by atoms with Crippen molar-refractivity contribution in [1.29, 1.82) is 0 Å². The van der Waals surface area contributed by atoms with E-state index >= 15 is 0 Å². The van der Waals surface area contributed by atoms with Gasteiger partial charge in [0.25, 0.3) is 11.5 Å². The van der Waals surface area contributed by atoms with Crippen LogP contribution in [0, 0.1) is 12.7 Å². The van der Waals surface area contributed by atoms with Gasteiger partial charge in [-0.05, 0) is 84.8 Å². The van der Waals surface area contributed by atoms with Crippen molar-refractivity contribution in [3.8, 4) is 28.7 Å². The van der Waals surface area contributed by atoms with E-state index in [2.05, 4.69) is 15.7 Å². The number of hydrogen-bond donors (Lipinski definition) is 2. The SMILES string of the molecule is Cc1cc(Oc2cnn(-c3cccc(F)c3)c(=O)c2Nc2cccc(C(=O)NCc3ccc4c(c3)OCO4)c2)ccc1Cl. The Bertz CT molecular complexity index is 1910. The van der Waals surface area contributed by atoms with E-state index in [9.17, 15) is 14.0 Å². The summed E-state index contributed by atoms with van der Waals surface area (Å²) in [5.41, 5.74) is 2.12. The Hall–Kier alpha value is -5.35. The number of aromatic nitrogens is 2. The van der Waals surface area contributed by atoms with Crippen molar-refractivity contribution in [3.05, 3.63) is 129 Å². The van der Waals surface area contributed by atoms with Gasteiger partial charge in [-0.15, -0.1) is 0 Å². The number of ether oxygens (including phenoxy) is 3. The minimum absolute atomic E-state index is 0.0322. The summed E-state index contributed by atoms with van der Waals surface area (Å²) in [4.78, 5) is 26.7. The van der Waals surface area contributed by atoms with E-state index in [0.717, 1.165) is 15.8 Å². The lowest BCUT2D eigenvalue weighted by atomic mass is 10.1. The zero-order chi connectivity index (χ0) is 29.9. The molecule has 0 bridgehead atoms. The van der Waals surface area contributed by atoms with Gasteiger partial charge in [0, 0.05) is 22.8 Å². The molecule has 11 heteroatoms. The highest BCUT2D eigenvalue weighted by atomic mass is 35.5. The predicted octanol–water partition coefficient (Wildman–Crippen LogP) is 6.53. The fourth-order valence-corrected chi connectivity index (χ4v) is 4.57. The van der Waals surface area contributed by atoms with Crippen LogP contribution in [0.1, 0.15) is 21.5 Å². The lowest BCUT2D eigenvalue weighted by Crippen LogP contribution is -2.24. The molecule has 0 radical (unpaired) electrons. The van der Waals surface area contributed by atoms with Gasteiger partial charge in [-0.1, -0.05) is 29.8 Å². The third-order valence-electron chi connectivity index (χ3n) is 6.64. The monoisotopic (exact) mass is 598 g/mol. The third kappa shape index (κ3) is 6.14. The molecule has 0 fully saturated rings. The maximum absolute atomic E-state index is 14.0. The maximum atomic E-state index is 14.0. The van der Waals surface area contributed by atoms with Gasteiger partial charge < -0.3 is 24.8 Å². The van der Waals surface area contributed by atoms with Gasteiger partial charge in [0.1, 0.15) is 11.6 Å². The molecule has 0 saturated heterocycles. The summed E-state index contributed by atoms with van der Waals surface area (Å²) >= 11 is 6.16. The van der Waals surface area contributed by atoms with Crippen molar-refractivity contribution in [2.75, 3.05) is 12.1 Å². The Balaban J connectivity index is 1.28. The van der Waals surface area contributed by atoms with E-state index in [-0.39, 0.29) is 36.4 Å². The molecule has 2 heterocycles. The molecule has 1 aromatic heterocycles. The minimum Gasteiger partial charge on any atom is -0.454 e. The van der Waals surface area contributed by atoms with Crippen molar-refractivity contribution in [1.82, 2.24) is 15.1 Å². The van der Waals surface area contributed by atoms with E-state index in [0.29, 0.717) is 33.5 Å². The normalized spacial score (nSPS) is 11.7. The maximum Gasteiger partial charge on any atom is 0.299 e. The average Bonchev–Trinajstić information content (AvgIpc) is 3.48. The molecule has 0 atom stereocenters. The van der Waals surface area contributed by atoms with Crippen LogP contribution in [0.5, 0.6) is 23.0 Å². The first-order valence-electron chi connectivity index (χ1n) is 13.2. The highest BCUT2D eigenvalue weighted by Crippen LogP contribution is 2.33. The van der Waals surface area contributed by atoms with Gasteiger partial charge in [-0.25, -0.2) is 4.39 Å². The number of nitrogens with zero attached hydrogens (tertiary/aromatic N) is 2.